The molecule has 172 valence electrons. The van der Waals surface area contributed by atoms with E-state index in [9.17, 15) is 14.4 Å². The van der Waals surface area contributed by atoms with Gasteiger partial charge in [0.2, 0.25) is 0 Å². The highest BCUT2D eigenvalue weighted by atomic mass is 16.5. The number of benzene rings is 1. The van der Waals surface area contributed by atoms with E-state index in [0.29, 0.717) is 35.4 Å². The van der Waals surface area contributed by atoms with Crippen molar-refractivity contribution >= 4 is 17.7 Å². The third-order valence-electron chi connectivity index (χ3n) is 6.27. The minimum absolute atomic E-state index is 0.228. The Morgan fingerprint density at radius 1 is 1.25 bits per heavy atom. The monoisotopic (exact) mass is 441 g/mol. The molecule has 0 fully saturated rings. The van der Waals surface area contributed by atoms with Crippen molar-refractivity contribution in [3.8, 4) is 5.75 Å². The van der Waals surface area contributed by atoms with Crippen LogP contribution in [0.4, 0.5) is 0 Å². The highest BCUT2D eigenvalue weighted by molar-refractivity contribution is 6.12. The molecule has 1 N–H and O–H groups in total. The van der Waals surface area contributed by atoms with E-state index < -0.39 is 23.8 Å². The lowest BCUT2D eigenvalue weighted by Crippen LogP contribution is -2.43. The zero-order valence-corrected chi connectivity index (χ0v) is 19.5. The van der Waals surface area contributed by atoms with Gasteiger partial charge in [0, 0.05) is 22.9 Å². The van der Waals surface area contributed by atoms with Crippen LogP contribution in [0.1, 0.15) is 52.0 Å². The van der Waals surface area contributed by atoms with Crippen LogP contribution in [0.2, 0.25) is 0 Å². The van der Waals surface area contributed by atoms with Crippen LogP contribution in [0.3, 0.4) is 0 Å². The summed E-state index contributed by atoms with van der Waals surface area (Å²) in [4.78, 5) is 39.4. The van der Waals surface area contributed by atoms with E-state index in [2.05, 4.69) is 5.32 Å². The van der Waals surface area contributed by atoms with Crippen molar-refractivity contribution in [3.05, 3.63) is 52.4 Å². The van der Waals surface area contributed by atoms with Crippen molar-refractivity contribution in [1.82, 2.24) is 5.32 Å². The molecular weight excluding hydrogens is 410 g/mol. The predicted molar refractivity (Wildman–Crippen MR) is 119 cm³/mol. The Morgan fingerprint density at radius 3 is 2.59 bits per heavy atom. The largest absolute Gasteiger partial charge is 0.497 e. The Labute approximate surface area is 188 Å². The Bertz CT molecular complexity index is 992. The van der Waals surface area contributed by atoms with Crippen molar-refractivity contribution in [3.63, 3.8) is 0 Å². The molecule has 7 nitrogen and oxygen atoms in total. The zero-order chi connectivity index (χ0) is 23.6. The van der Waals surface area contributed by atoms with Crippen molar-refractivity contribution in [2.45, 2.75) is 52.6 Å². The number of carbonyl (C=O) groups excluding carboxylic acids is 3. The normalized spacial score (nSPS) is 23.8. The van der Waals surface area contributed by atoms with E-state index in [1.54, 1.807) is 13.2 Å². The molecule has 2 aliphatic rings. The standard InChI is InChI=1S/C25H31NO6/c1-7-14(3)32-25(29)20-15(4)26-18-11-13(2)19(24(28)31-6)23(27)22(18)21(20)16-9-8-10-17(12-16)30-5/h8-10,12-14,19,21,26H,7,11H2,1-6H3/t13-,14-,19-,21+/m1/s1. The minimum Gasteiger partial charge on any atom is -0.497 e. The topological polar surface area (TPSA) is 90.9 Å². The molecule has 0 unspecified atom stereocenters. The van der Waals surface area contributed by atoms with Gasteiger partial charge in [0.25, 0.3) is 0 Å². The van der Waals surface area contributed by atoms with Gasteiger partial charge in [0.05, 0.1) is 25.9 Å². The van der Waals surface area contributed by atoms with E-state index in [1.807, 2.05) is 45.9 Å². The van der Waals surface area contributed by atoms with Gasteiger partial charge in [-0.2, -0.15) is 0 Å². The molecule has 1 aliphatic carbocycles. The minimum atomic E-state index is -0.918. The lowest BCUT2D eigenvalue weighted by Gasteiger charge is -2.38. The van der Waals surface area contributed by atoms with E-state index >= 15 is 0 Å². The number of Topliss-reactive ketones (excluding diaryl/α,β-unsaturated/α-hetero) is 1. The second-order valence-corrected chi connectivity index (χ2v) is 8.44. The van der Waals surface area contributed by atoms with Crippen LogP contribution in [-0.4, -0.2) is 38.0 Å². The average Bonchev–Trinajstić information content (AvgIpc) is 2.77. The lowest BCUT2D eigenvalue weighted by molar-refractivity contribution is -0.151. The summed E-state index contributed by atoms with van der Waals surface area (Å²) in [6, 6.07) is 7.28. The summed E-state index contributed by atoms with van der Waals surface area (Å²) in [5, 5.41) is 3.26. The number of hydrogen-bond donors (Lipinski definition) is 1. The van der Waals surface area contributed by atoms with E-state index in [0.717, 1.165) is 11.3 Å². The summed E-state index contributed by atoms with van der Waals surface area (Å²) < 4.78 is 16.0. The molecule has 0 bridgehead atoms. The first kappa shape index (κ1) is 23.6. The van der Waals surface area contributed by atoms with Crippen molar-refractivity contribution < 1.29 is 28.6 Å². The van der Waals surface area contributed by atoms with Crippen LogP contribution >= 0.6 is 0 Å². The van der Waals surface area contributed by atoms with E-state index in [4.69, 9.17) is 14.2 Å². The Balaban J connectivity index is 2.18. The molecule has 3 rings (SSSR count). The molecule has 32 heavy (non-hydrogen) atoms. The van der Waals surface area contributed by atoms with Crippen LogP contribution in [0.25, 0.3) is 0 Å². The van der Waals surface area contributed by atoms with Gasteiger partial charge in [-0.15, -0.1) is 0 Å². The number of nitrogens with one attached hydrogen (secondary N) is 1. The van der Waals surface area contributed by atoms with E-state index in [-0.39, 0.29) is 17.8 Å². The number of rotatable bonds is 6. The Morgan fingerprint density at radius 2 is 1.97 bits per heavy atom. The number of methoxy groups -OCH3 is 2. The number of carbonyl (C=O) groups is 3. The van der Waals surface area contributed by atoms with Gasteiger partial charge in [0.1, 0.15) is 11.7 Å². The van der Waals surface area contributed by atoms with Crippen LogP contribution in [0, 0.1) is 11.8 Å². The van der Waals surface area contributed by atoms with Gasteiger partial charge in [0.15, 0.2) is 5.78 Å². The maximum atomic E-state index is 13.7. The first-order valence-electron chi connectivity index (χ1n) is 10.9. The SMILES string of the molecule is CC[C@@H](C)OC(=O)C1=C(C)NC2=C(C(=O)[C@H](C(=O)OC)[C@H](C)C2)[C@H]1c1cccc(OC)c1. The van der Waals surface area contributed by atoms with Crippen LogP contribution in [-0.2, 0) is 23.9 Å². The van der Waals surface area contributed by atoms with Crippen molar-refractivity contribution in [2.75, 3.05) is 14.2 Å². The number of ketones is 1. The molecule has 0 spiro atoms. The molecule has 1 aliphatic heterocycles. The fourth-order valence-electron chi connectivity index (χ4n) is 4.44. The molecular formula is C25H31NO6. The van der Waals surface area contributed by atoms with Gasteiger partial charge in [-0.1, -0.05) is 26.0 Å². The third-order valence-corrected chi connectivity index (χ3v) is 6.27. The Kier molecular flexibility index (Phi) is 7.06. The first-order valence-corrected chi connectivity index (χ1v) is 10.9. The summed E-state index contributed by atoms with van der Waals surface area (Å²) in [5.74, 6) is -2.58. The molecule has 7 heteroatoms. The molecule has 1 heterocycles. The summed E-state index contributed by atoms with van der Waals surface area (Å²) in [5.41, 5.74) is 2.87. The second-order valence-electron chi connectivity index (χ2n) is 8.44. The number of dihydropyridines is 1. The second kappa shape index (κ2) is 9.59. The quantitative estimate of drug-likeness (QED) is 0.532. The summed E-state index contributed by atoms with van der Waals surface area (Å²) in [6.45, 7) is 7.43. The fourth-order valence-corrected chi connectivity index (χ4v) is 4.44. The summed E-state index contributed by atoms with van der Waals surface area (Å²) in [7, 11) is 2.84. The fraction of sp³-hybridized carbons (Fsp3) is 0.480. The smallest absolute Gasteiger partial charge is 0.337 e. The molecule has 4 atom stereocenters. The number of allylic oxidation sites excluding steroid dienone is 3. The molecule has 0 radical (unpaired) electrons. The third kappa shape index (κ3) is 4.29. The van der Waals surface area contributed by atoms with Gasteiger partial charge in [-0.25, -0.2) is 4.79 Å². The number of hydrogen-bond acceptors (Lipinski definition) is 7. The number of esters is 2. The number of ether oxygens (including phenoxy) is 3. The van der Waals surface area contributed by atoms with Gasteiger partial charge < -0.3 is 19.5 Å². The molecule has 0 aromatic heterocycles. The molecule has 0 amide bonds. The molecule has 0 saturated carbocycles. The summed E-state index contributed by atoms with van der Waals surface area (Å²) in [6.07, 6.45) is 0.894. The van der Waals surface area contributed by atoms with Crippen LogP contribution in [0.15, 0.2) is 46.8 Å². The van der Waals surface area contributed by atoms with Crippen molar-refractivity contribution in [1.29, 1.82) is 0 Å². The molecule has 1 aromatic carbocycles. The maximum Gasteiger partial charge on any atom is 0.337 e. The van der Waals surface area contributed by atoms with Crippen molar-refractivity contribution in [2.24, 2.45) is 11.8 Å². The zero-order valence-electron chi connectivity index (χ0n) is 19.5. The summed E-state index contributed by atoms with van der Waals surface area (Å²) >= 11 is 0. The molecule has 1 aromatic rings. The lowest BCUT2D eigenvalue weighted by atomic mass is 9.69. The maximum absolute atomic E-state index is 13.7. The van der Waals surface area contributed by atoms with Gasteiger partial charge in [-0.05, 0) is 50.3 Å². The highest BCUT2D eigenvalue weighted by Crippen LogP contribution is 2.46. The molecule has 0 saturated heterocycles. The highest BCUT2D eigenvalue weighted by Gasteiger charge is 2.47. The van der Waals surface area contributed by atoms with E-state index in [1.165, 1.54) is 7.11 Å². The van der Waals surface area contributed by atoms with Gasteiger partial charge >= 0.3 is 11.9 Å². The first-order chi connectivity index (χ1) is 15.2. The average molecular weight is 442 g/mol. The van der Waals surface area contributed by atoms with Gasteiger partial charge in [-0.3, -0.25) is 9.59 Å². The van der Waals surface area contributed by atoms with Crippen LogP contribution < -0.4 is 10.1 Å². The Hall–Kier alpha value is -3.09. The van der Waals surface area contributed by atoms with Crippen LogP contribution in [0.5, 0.6) is 5.75 Å². The predicted octanol–water partition coefficient (Wildman–Crippen LogP) is 3.65.